The molecule has 1 aromatic carbocycles. The zero-order chi connectivity index (χ0) is 15.6. The van der Waals surface area contributed by atoms with Crippen LogP contribution in [0.3, 0.4) is 0 Å². The van der Waals surface area contributed by atoms with Crippen LogP contribution in [-0.4, -0.2) is 43.8 Å². The summed E-state index contributed by atoms with van der Waals surface area (Å²) < 4.78 is 53.8. The van der Waals surface area contributed by atoms with E-state index in [2.05, 4.69) is 5.32 Å². The first kappa shape index (κ1) is 15.5. The zero-order valence-corrected chi connectivity index (χ0v) is 11.5. The summed E-state index contributed by atoms with van der Waals surface area (Å²) in [4.78, 5) is 9.54. The summed E-state index contributed by atoms with van der Waals surface area (Å²) in [5.74, 6) is -2.60. The lowest BCUT2D eigenvalue weighted by molar-refractivity contribution is -0.387. The third-order valence-electron chi connectivity index (χ3n) is 2.89. The number of hydrogen-bond donors (Lipinski definition) is 2. The maximum atomic E-state index is 13.6. The average Bonchev–Trinajstić information content (AvgIpc) is 2.42. The number of halogens is 2. The Balaban J connectivity index is 2.30. The van der Waals surface area contributed by atoms with Crippen molar-refractivity contribution < 1.29 is 22.1 Å². The highest BCUT2D eigenvalue weighted by atomic mass is 32.2. The van der Waals surface area contributed by atoms with Crippen molar-refractivity contribution in [3.8, 4) is 0 Å². The molecule has 0 saturated carbocycles. The largest absolute Gasteiger partial charge is 0.314 e. The van der Waals surface area contributed by atoms with Crippen LogP contribution in [0.5, 0.6) is 0 Å². The molecular weight excluding hydrogens is 310 g/mol. The van der Waals surface area contributed by atoms with Crippen molar-refractivity contribution in [3.63, 3.8) is 0 Å². The minimum absolute atomic E-state index is 0.181. The minimum atomic E-state index is -4.06. The Kier molecular flexibility index (Phi) is 4.34. The molecule has 1 aliphatic heterocycles. The number of anilines is 1. The van der Waals surface area contributed by atoms with Crippen LogP contribution >= 0.6 is 0 Å². The second kappa shape index (κ2) is 5.87. The summed E-state index contributed by atoms with van der Waals surface area (Å²) in [6, 6.07) is 0.790. The Morgan fingerprint density at radius 2 is 1.86 bits per heavy atom. The summed E-state index contributed by atoms with van der Waals surface area (Å²) in [5, 5.41) is 13.5. The first-order chi connectivity index (χ1) is 9.81. The summed E-state index contributed by atoms with van der Waals surface area (Å²) in [5.41, 5.74) is -1.67. The van der Waals surface area contributed by atoms with Gasteiger partial charge in [0.2, 0.25) is 5.82 Å². The topological polar surface area (TPSA) is 105 Å². The SMILES string of the molecule is O=[N+]([O-])c1cc(NS(=O)(=O)N2CCNCC2)c(F)cc1F. The molecule has 1 saturated heterocycles. The number of nitro groups is 1. The molecule has 2 N–H and O–H groups in total. The number of benzene rings is 1. The van der Waals surface area contributed by atoms with Crippen LogP contribution in [0.4, 0.5) is 20.2 Å². The van der Waals surface area contributed by atoms with Gasteiger partial charge in [-0.1, -0.05) is 0 Å². The molecule has 0 aromatic heterocycles. The molecule has 21 heavy (non-hydrogen) atoms. The van der Waals surface area contributed by atoms with E-state index in [-0.39, 0.29) is 19.2 Å². The van der Waals surface area contributed by atoms with Gasteiger partial charge in [0.1, 0.15) is 0 Å². The molecule has 1 aliphatic rings. The first-order valence-corrected chi connectivity index (χ1v) is 7.37. The van der Waals surface area contributed by atoms with E-state index in [1.54, 1.807) is 0 Å². The fourth-order valence-electron chi connectivity index (χ4n) is 1.84. The molecule has 0 amide bonds. The van der Waals surface area contributed by atoms with E-state index in [0.717, 1.165) is 4.31 Å². The standard InChI is InChI=1S/C10H12F2N4O4S/c11-7-5-8(12)10(16(17)18)6-9(7)14-21(19,20)15-3-1-13-2-4-15/h5-6,13-14H,1-4H2. The van der Waals surface area contributed by atoms with Crippen molar-refractivity contribution in [2.75, 3.05) is 30.9 Å². The highest BCUT2D eigenvalue weighted by Gasteiger charge is 2.26. The van der Waals surface area contributed by atoms with Gasteiger partial charge in [0.05, 0.1) is 10.6 Å². The molecular formula is C10H12F2N4O4S. The lowest BCUT2D eigenvalue weighted by Crippen LogP contribution is -2.48. The molecule has 0 unspecified atom stereocenters. The van der Waals surface area contributed by atoms with Crippen LogP contribution in [0.25, 0.3) is 0 Å². The number of nitrogens with one attached hydrogen (secondary N) is 2. The van der Waals surface area contributed by atoms with Crippen LogP contribution in [0.15, 0.2) is 12.1 Å². The third kappa shape index (κ3) is 3.43. The Hall–Kier alpha value is -1.85. The molecule has 116 valence electrons. The van der Waals surface area contributed by atoms with E-state index < -0.39 is 38.1 Å². The van der Waals surface area contributed by atoms with E-state index in [4.69, 9.17) is 0 Å². The van der Waals surface area contributed by atoms with E-state index in [9.17, 15) is 27.3 Å². The van der Waals surface area contributed by atoms with Gasteiger partial charge in [-0.25, -0.2) is 4.39 Å². The second-order valence-corrected chi connectivity index (χ2v) is 5.97. The van der Waals surface area contributed by atoms with Gasteiger partial charge in [-0.3, -0.25) is 14.8 Å². The van der Waals surface area contributed by atoms with Crippen molar-refractivity contribution in [2.24, 2.45) is 0 Å². The smallest absolute Gasteiger partial charge is 0.307 e. The van der Waals surface area contributed by atoms with Gasteiger partial charge in [0, 0.05) is 38.3 Å². The quantitative estimate of drug-likeness (QED) is 0.618. The van der Waals surface area contributed by atoms with Gasteiger partial charge >= 0.3 is 15.9 Å². The number of hydrogen-bond acceptors (Lipinski definition) is 5. The van der Waals surface area contributed by atoms with Crippen LogP contribution in [0.2, 0.25) is 0 Å². The maximum absolute atomic E-state index is 13.6. The van der Waals surface area contributed by atoms with Gasteiger partial charge in [-0.05, 0) is 0 Å². The number of nitrogens with zero attached hydrogens (tertiary/aromatic N) is 2. The molecule has 0 radical (unpaired) electrons. The molecule has 2 rings (SSSR count). The third-order valence-corrected chi connectivity index (χ3v) is 4.41. The van der Waals surface area contributed by atoms with Gasteiger partial charge < -0.3 is 5.32 Å². The highest BCUT2D eigenvalue weighted by molar-refractivity contribution is 7.90. The average molecular weight is 322 g/mol. The van der Waals surface area contributed by atoms with Crippen molar-refractivity contribution in [1.82, 2.24) is 9.62 Å². The molecule has 0 spiro atoms. The van der Waals surface area contributed by atoms with Crippen LogP contribution in [-0.2, 0) is 10.2 Å². The predicted molar refractivity (Wildman–Crippen MR) is 70.0 cm³/mol. The van der Waals surface area contributed by atoms with Crippen molar-refractivity contribution in [3.05, 3.63) is 33.9 Å². The summed E-state index contributed by atoms with van der Waals surface area (Å²) in [6.45, 7) is 1.24. The summed E-state index contributed by atoms with van der Waals surface area (Å²) in [7, 11) is -4.06. The van der Waals surface area contributed by atoms with E-state index in [1.165, 1.54) is 0 Å². The molecule has 0 bridgehead atoms. The van der Waals surface area contributed by atoms with Crippen LogP contribution < -0.4 is 10.0 Å². The Labute approximate surface area is 119 Å². The Bertz CT molecular complexity index is 661. The fourth-order valence-corrected chi connectivity index (χ4v) is 3.07. The maximum Gasteiger partial charge on any atom is 0.307 e. The molecule has 1 heterocycles. The predicted octanol–water partition coefficient (Wildman–Crippen LogP) is 0.435. The number of rotatable bonds is 4. The molecule has 1 aromatic rings. The lowest BCUT2D eigenvalue weighted by atomic mass is 10.2. The van der Waals surface area contributed by atoms with Gasteiger partial charge in [0.15, 0.2) is 5.82 Å². The Morgan fingerprint density at radius 3 is 2.43 bits per heavy atom. The van der Waals surface area contributed by atoms with Crippen molar-refractivity contribution >= 4 is 21.6 Å². The summed E-state index contributed by atoms with van der Waals surface area (Å²) >= 11 is 0. The second-order valence-electron chi connectivity index (χ2n) is 4.30. The molecule has 0 aliphatic carbocycles. The molecule has 8 nitrogen and oxygen atoms in total. The molecule has 11 heteroatoms. The van der Waals surface area contributed by atoms with Crippen LogP contribution in [0.1, 0.15) is 0 Å². The number of piperazine rings is 1. The molecule has 0 atom stereocenters. The minimum Gasteiger partial charge on any atom is -0.314 e. The van der Waals surface area contributed by atoms with E-state index in [1.807, 2.05) is 4.72 Å². The van der Waals surface area contributed by atoms with Gasteiger partial charge in [-0.2, -0.15) is 17.1 Å². The van der Waals surface area contributed by atoms with E-state index >= 15 is 0 Å². The summed E-state index contributed by atoms with van der Waals surface area (Å²) in [6.07, 6.45) is 0. The lowest BCUT2D eigenvalue weighted by Gasteiger charge is -2.26. The zero-order valence-electron chi connectivity index (χ0n) is 10.7. The number of nitro benzene ring substituents is 1. The van der Waals surface area contributed by atoms with Crippen LogP contribution in [0, 0.1) is 21.7 Å². The van der Waals surface area contributed by atoms with E-state index in [0.29, 0.717) is 19.2 Å². The molecule has 1 fully saturated rings. The normalized spacial score (nSPS) is 16.7. The van der Waals surface area contributed by atoms with Crippen molar-refractivity contribution in [2.45, 2.75) is 0 Å². The highest BCUT2D eigenvalue weighted by Crippen LogP contribution is 2.26. The monoisotopic (exact) mass is 322 g/mol. The van der Waals surface area contributed by atoms with Gasteiger partial charge in [-0.15, -0.1) is 0 Å². The fraction of sp³-hybridized carbons (Fsp3) is 0.400. The first-order valence-electron chi connectivity index (χ1n) is 5.93. The van der Waals surface area contributed by atoms with Gasteiger partial charge in [0.25, 0.3) is 0 Å². The van der Waals surface area contributed by atoms with Crippen molar-refractivity contribution in [1.29, 1.82) is 0 Å². The Morgan fingerprint density at radius 1 is 1.24 bits per heavy atom.